The minimum Gasteiger partial charge on any atom is -0.383 e. The van der Waals surface area contributed by atoms with Crippen LogP contribution in [-0.2, 0) is 0 Å². The van der Waals surface area contributed by atoms with Crippen LogP contribution in [0.25, 0.3) is 16.8 Å². The second-order valence-electron chi connectivity index (χ2n) is 5.55. The summed E-state index contributed by atoms with van der Waals surface area (Å²) < 4.78 is 21.1. The molecule has 0 aliphatic carbocycles. The van der Waals surface area contributed by atoms with E-state index >= 15 is 0 Å². The van der Waals surface area contributed by atoms with Crippen molar-refractivity contribution < 1.29 is 8.91 Å². The molecule has 1 unspecified atom stereocenters. The van der Waals surface area contributed by atoms with E-state index in [4.69, 9.17) is 10.3 Å². The molecular formula is C14H14BrFN6O. The molecule has 0 bridgehead atoms. The molecule has 1 fully saturated rings. The lowest BCUT2D eigenvalue weighted by Crippen LogP contribution is -2.29. The molecule has 9 heteroatoms. The number of nitrogens with zero attached hydrogens (tertiary/aromatic N) is 4. The van der Waals surface area contributed by atoms with Crippen molar-refractivity contribution in [3.8, 4) is 11.1 Å². The second-order valence-corrected chi connectivity index (χ2v) is 6.35. The maximum absolute atomic E-state index is 14.3. The van der Waals surface area contributed by atoms with E-state index in [2.05, 4.69) is 36.5 Å². The predicted octanol–water partition coefficient (Wildman–Crippen LogP) is 2.34. The fourth-order valence-electron chi connectivity index (χ4n) is 2.97. The molecule has 23 heavy (non-hydrogen) atoms. The number of nitrogens with one attached hydrogen (secondary N) is 1. The number of nitrogens with two attached hydrogens (primary N) is 1. The van der Waals surface area contributed by atoms with Crippen molar-refractivity contribution in [3.63, 3.8) is 0 Å². The summed E-state index contributed by atoms with van der Waals surface area (Å²) in [7, 11) is 0. The number of aromatic nitrogens is 4. The van der Waals surface area contributed by atoms with Crippen LogP contribution in [0.5, 0.6) is 0 Å². The van der Waals surface area contributed by atoms with Gasteiger partial charge in [-0.25, -0.2) is 4.98 Å². The molecule has 1 saturated heterocycles. The number of anilines is 1. The van der Waals surface area contributed by atoms with Crippen molar-refractivity contribution >= 4 is 27.4 Å². The Hall–Kier alpha value is -2.00. The van der Waals surface area contributed by atoms with Crippen molar-refractivity contribution in [2.45, 2.75) is 18.8 Å². The lowest BCUT2D eigenvalue weighted by molar-refractivity contribution is 0.420. The van der Waals surface area contributed by atoms with E-state index in [1.807, 2.05) is 0 Å². The first-order valence-electron chi connectivity index (χ1n) is 7.30. The fourth-order valence-corrected chi connectivity index (χ4v) is 3.55. The van der Waals surface area contributed by atoms with Crippen LogP contribution in [0.15, 0.2) is 21.5 Å². The van der Waals surface area contributed by atoms with Gasteiger partial charge in [0.05, 0.1) is 21.9 Å². The van der Waals surface area contributed by atoms with Crippen molar-refractivity contribution in [3.05, 3.63) is 28.6 Å². The number of rotatable bonds is 2. The van der Waals surface area contributed by atoms with E-state index in [0.29, 0.717) is 21.5 Å². The third-order valence-corrected chi connectivity index (χ3v) is 4.94. The van der Waals surface area contributed by atoms with E-state index in [-0.39, 0.29) is 11.5 Å². The van der Waals surface area contributed by atoms with Crippen LogP contribution in [0.1, 0.15) is 24.5 Å². The van der Waals surface area contributed by atoms with Crippen LogP contribution in [0.3, 0.4) is 0 Å². The number of halogens is 2. The molecule has 0 aromatic carbocycles. The normalized spacial score (nSPS) is 18.6. The van der Waals surface area contributed by atoms with E-state index in [1.54, 1.807) is 0 Å². The lowest BCUT2D eigenvalue weighted by Gasteiger charge is -2.23. The van der Waals surface area contributed by atoms with Gasteiger partial charge >= 0.3 is 0 Å². The molecule has 0 radical (unpaired) electrons. The number of piperidine rings is 1. The van der Waals surface area contributed by atoms with Gasteiger partial charge in [0.15, 0.2) is 5.65 Å². The Morgan fingerprint density at radius 3 is 3.04 bits per heavy atom. The minimum atomic E-state index is -0.654. The van der Waals surface area contributed by atoms with Crippen LogP contribution in [-0.4, -0.2) is 32.8 Å². The topological polar surface area (TPSA) is 94.3 Å². The van der Waals surface area contributed by atoms with Gasteiger partial charge in [-0.05, 0) is 35.3 Å². The average Bonchev–Trinajstić information content (AvgIpc) is 3.19. The van der Waals surface area contributed by atoms with Crippen LogP contribution in [0, 0.1) is 5.95 Å². The Labute approximate surface area is 139 Å². The molecule has 3 N–H and O–H groups in total. The zero-order valence-corrected chi connectivity index (χ0v) is 13.7. The maximum atomic E-state index is 14.3. The van der Waals surface area contributed by atoms with Crippen LogP contribution in [0.2, 0.25) is 0 Å². The SMILES string of the molecule is Nc1c(Br)c(C2CCCNC2)nc2c(-c3cnoc3)c(F)nn12. The summed E-state index contributed by atoms with van der Waals surface area (Å²) in [6.07, 6.45) is 4.87. The van der Waals surface area contributed by atoms with Gasteiger partial charge in [0, 0.05) is 18.0 Å². The predicted molar refractivity (Wildman–Crippen MR) is 85.4 cm³/mol. The van der Waals surface area contributed by atoms with E-state index in [0.717, 1.165) is 31.6 Å². The summed E-state index contributed by atoms with van der Waals surface area (Å²) in [6.45, 7) is 1.82. The smallest absolute Gasteiger partial charge is 0.243 e. The number of hydrogen-bond acceptors (Lipinski definition) is 6. The van der Waals surface area contributed by atoms with Crippen LogP contribution in [0.4, 0.5) is 10.2 Å². The van der Waals surface area contributed by atoms with E-state index in [1.165, 1.54) is 17.0 Å². The first-order valence-corrected chi connectivity index (χ1v) is 8.09. The largest absolute Gasteiger partial charge is 0.383 e. The molecule has 3 aromatic heterocycles. The maximum Gasteiger partial charge on any atom is 0.243 e. The summed E-state index contributed by atoms with van der Waals surface area (Å²) in [5, 5.41) is 10.8. The van der Waals surface area contributed by atoms with Crippen LogP contribution >= 0.6 is 15.9 Å². The third-order valence-electron chi connectivity index (χ3n) is 4.13. The zero-order valence-electron chi connectivity index (χ0n) is 12.1. The Balaban J connectivity index is 1.95. The highest BCUT2D eigenvalue weighted by Gasteiger charge is 2.26. The first kappa shape index (κ1) is 14.6. The van der Waals surface area contributed by atoms with Crippen molar-refractivity contribution in [2.75, 3.05) is 18.8 Å². The Kier molecular flexibility index (Phi) is 3.53. The van der Waals surface area contributed by atoms with Gasteiger partial charge in [0.25, 0.3) is 0 Å². The van der Waals surface area contributed by atoms with Gasteiger partial charge in [0.2, 0.25) is 5.95 Å². The molecule has 0 saturated carbocycles. The molecule has 0 amide bonds. The van der Waals surface area contributed by atoms with Crippen LogP contribution < -0.4 is 11.1 Å². The van der Waals surface area contributed by atoms with E-state index < -0.39 is 5.95 Å². The number of nitrogen functional groups attached to an aromatic ring is 1. The quantitative estimate of drug-likeness (QED) is 0.708. The van der Waals surface area contributed by atoms with Gasteiger partial charge in [-0.15, -0.1) is 5.10 Å². The molecule has 1 aliphatic rings. The van der Waals surface area contributed by atoms with Crippen molar-refractivity contribution in [1.82, 2.24) is 25.1 Å². The van der Waals surface area contributed by atoms with Gasteiger partial charge in [-0.3, -0.25) is 0 Å². The molecule has 1 aliphatic heterocycles. The van der Waals surface area contributed by atoms with Crippen molar-refractivity contribution in [1.29, 1.82) is 0 Å². The highest BCUT2D eigenvalue weighted by Crippen LogP contribution is 2.35. The monoisotopic (exact) mass is 380 g/mol. The van der Waals surface area contributed by atoms with Gasteiger partial charge in [-0.1, -0.05) is 5.16 Å². The third kappa shape index (κ3) is 2.31. The minimum absolute atomic E-state index is 0.221. The molecule has 4 heterocycles. The standard InChI is InChI=1S/C14H14BrFN6O/c15-10-11(7-2-1-3-18-4-7)20-14-9(8-5-19-23-6-8)12(16)21-22(14)13(10)17/h5-7,18H,1-4,17H2. The average molecular weight is 381 g/mol. The fraction of sp³-hybridized carbons (Fsp3) is 0.357. The highest BCUT2D eigenvalue weighted by atomic mass is 79.9. The lowest BCUT2D eigenvalue weighted by atomic mass is 9.96. The molecule has 0 spiro atoms. The molecule has 4 rings (SSSR count). The van der Waals surface area contributed by atoms with Gasteiger partial charge < -0.3 is 15.6 Å². The highest BCUT2D eigenvalue weighted by molar-refractivity contribution is 9.10. The van der Waals surface area contributed by atoms with E-state index in [9.17, 15) is 4.39 Å². The van der Waals surface area contributed by atoms with Gasteiger partial charge in [-0.2, -0.15) is 8.91 Å². The molecule has 3 aromatic rings. The Morgan fingerprint density at radius 2 is 2.35 bits per heavy atom. The van der Waals surface area contributed by atoms with Gasteiger partial charge in [0.1, 0.15) is 12.1 Å². The number of hydrogen-bond donors (Lipinski definition) is 2. The van der Waals surface area contributed by atoms with Crippen molar-refractivity contribution in [2.24, 2.45) is 0 Å². The number of fused-ring (bicyclic) bond motifs is 1. The summed E-state index contributed by atoms with van der Waals surface area (Å²) in [4.78, 5) is 4.66. The summed E-state index contributed by atoms with van der Waals surface area (Å²) in [5.74, 6) is -0.103. The zero-order chi connectivity index (χ0) is 16.0. The Bertz CT molecular complexity index is 856. The molecular weight excluding hydrogens is 367 g/mol. The first-order chi connectivity index (χ1) is 11.2. The molecule has 120 valence electrons. The second kappa shape index (κ2) is 5.57. The molecule has 1 atom stereocenters. The summed E-state index contributed by atoms with van der Waals surface area (Å²) >= 11 is 3.49. The Morgan fingerprint density at radius 1 is 1.48 bits per heavy atom. The molecule has 7 nitrogen and oxygen atoms in total. The summed E-state index contributed by atoms with van der Waals surface area (Å²) in [5.41, 5.74) is 8.07. The summed E-state index contributed by atoms with van der Waals surface area (Å²) in [6, 6.07) is 0.